The van der Waals surface area contributed by atoms with Gasteiger partial charge in [-0.2, -0.15) is 5.10 Å². The Balaban J connectivity index is 1.74. The maximum Gasteiger partial charge on any atom is 0.335 e. The second-order valence-electron chi connectivity index (χ2n) is 6.89. The molecule has 0 saturated carbocycles. The molecule has 0 aliphatic heterocycles. The Labute approximate surface area is 162 Å². The van der Waals surface area contributed by atoms with Crippen LogP contribution in [0.25, 0.3) is 33.2 Å². The maximum atomic E-state index is 11.3. The van der Waals surface area contributed by atoms with E-state index in [0.29, 0.717) is 6.54 Å². The Hall–Kier alpha value is -3.16. The number of carbonyl (C=O) groups is 1. The second kappa shape index (κ2) is 7.46. The predicted molar refractivity (Wildman–Crippen MR) is 110 cm³/mol. The Morgan fingerprint density at radius 3 is 2.89 bits per heavy atom. The topological polar surface area (TPSA) is 109 Å². The first-order valence-electron chi connectivity index (χ1n) is 9.30. The van der Waals surface area contributed by atoms with Gasteiger partial charge in [-0.05, 0) is 55.4 Å². The lowest BCUT2D eigenvalue weighted by molar-refractivity contribution is 0.0697. The van der Waals surface area contributed by atoms with Gasteiger partial charge in [-0.1, -0.05) is 12.1 Å². The highest BCUT2D eigenvalue weighted by molar-refractivity contribution is 6.00. The number of H-pyrrole nitrogens is 1. The third-order valence-corrected chi connectivity index (χ3v) is 4.98. The zero-order valence-electron chi connectivity index (χ0n) is 15.7. The highest BCUT2D eigenvalue weighted by Crippen LogP contribution is 2.31. The van der Waals surface area contributed by atoms with Gasteiger partial charge in [0.15, 0.2) is 0 Å². The molecule has 0 unspecified atom stereocenters. The lowest BCUT2D eigenvalue weighted by Gasteiger charge is -2.05. The number of aromatic carboxylic acids is 1. The molecular formula is C21H23N5O2. The molecule has 0 saturated heterocycles. The van der Waals surface area contributed by atoms with Crippen molar-refractivity contribution < 1.29 is 9.90 Å². The molecule has 0 bridgehead atoms. The lowest BCUT2D eigenvalue weighted by Crippen LogP contribution is -2.17. The van der Waals surface area contributed by atoms with Crippen molar-refractivity contribution in [3.05, 3.63) is 53.6 Å². The van der Waals surface area contributed by atoms with E-state index >= 15 is 0 Å². The van der Waals surface area contributed by atoms with Crippen molar-refractivity contribution in [2.75, 3.05) is 13.1 Å². The number of rotatable bonds is 7. The summed E-state index contributed by atoms with van der Waals surface area (Å²) in [6, 6.07) is 13.4. The standard InChI is InChI=1S/C21H23N5O2/c1-26-19-10-13(21(27)28)6-7-15(19)20(25-26)18-11-16-14(12-23-9-3-8-22)4-2-5-17(16)24-18/h2,4-7,10-11,23-24H,3,8-9,12,22H2,1H3,(H,27,28). The number of hydrogen-bond donors (Lipinski definition) is 4. The number of carboxylic acids is 1. The molecule has 0 spiro atoms. The maximum absolute atomic E-state index is 11.3. The number of nitrogens with two attached hydrogens (primary N) is 1. The Morgan fingerprint density at radius 1 is 1.25 bits per heavy atom. The number of aryl methyl sites for hydroxylation is 1. The normalized spacial score (nSPS) is 11.5. The molecule has 2 aromatic heterocycles. The van der Waals surface area contributed by atoms with Crippen LogP contribution >= 0.6 is 0 Å². The summed E-state index contributed by atoms with van der Waals surface area (Å²) in [6.45, 7) is 2.35. The molecule has 2 aromatic carbocycles. The summed E-state index contributed by atoms with van der Waals surface area (Å²) in [7, 11) is 1.83. The van der Waals surface area contributed by atoms with Crippen molar-refractivity contribution >= 4 is 27.8 Å². The molecular weight excluding hydrogens is 354 g/mol. The zero-order valence-corrected chi connectivity index (χ0v) is 15.7. The number of aromatic amines is 1. The second-order valence-corrected chi connectivity index (χ2v) is 6.89. The van der Waals surface area contributed by atoms with Gasteiger partial charge in [-0.3, -0.25) is 4.68 Å². The minimum absolute atomic E-state index is 0.254. The van der Waals surface area contributed by atoms with E-state index in [0.717, 1.165) is 52.7 Å². The third-order valence-electron chi connectivity index (χ3n) is 4.98. The summed E-state index contributed by atoms with van der Waals surface area (Å²) >= 11 is 0. The van der Waals surface area contributed by atoms with Gasteiger partial charge in [0.05, 0.1) is 16.8 Å². The van der Waals surface area contributed by atoms with Crippen molar-refractivity contribution in [2.24, 2.45) is 12.8 Å². The minimum atomic E-state index is -0.943. The number of benzene rings is 2. The first kappa shape index (κ1) is 18.2. The fourth-order valence-electron chi connectivity index (χ4n) is 3.54. The summed E-state index contributed by atoms with van der Waals surface area (Å²) < 4.78 is 1.72. The first-order valence-corrected chi connectivity index (χ1v) is 9.30. The smallest absolute Gasteiger partial charge is 0.335 e. The van der Waals surface area contributed by atoms with Gasteiger partial charge in [0.25, 0.3) is 0 Å². The quantitative estimate of drug-likeness (QED) is 0.370. The van der Waals surface area contributed by atoms with Crippen LogP contribution in [-0.4, -0.2) is 38.9 Å². The molecule has 2 heterocycles. The van der Waals surface area contributed by atoms with Crippen LogP contribution in [0, 0.1) is 0 Å². The summed E-state index contributed by atoms with van der Waals surface area (Å²) in [6.07, 6.45) is 0.951. The highest BCUT2D eigenvalue weighted by atomic mass is 16.4. The van der Waals surface area contributed by atoms with Crippen molar-refractivity contribution in [3.63, 3.8) is 0 Å². The predicted octanol–water partition coefficient (Wildman–Crippen LogP) is 2.86. The number of carboxylic acid groups (broad SMARTS) is 1. The molecule has 144 valence electrons. The fourth-order valence-corrected chi connectivity index (χ4v) is 3.54. The van der Waals surface area contributed by atoms with Gasteiger partial charge < -0.3 is 21.1 Å². The molecule has 0 aliphatic rings. The van der Waals surface area contributed by atoms with Gasteiger partial charge in [-0.25, -0.2) is 4.79 Å². The monoisotopic (exact) mass is 377 g/mol. The van der Waals surface area contributed by atoms with Crippen molar-refractivity contribution in [2.45, 2.75) is 13.0 Å². The number of nitrogens with zero attached hydrogens (tertiary/aromatic N) is 2. The lowest BCUT2D eigenvalue weighted by atomic mass is 10.1. The molecule has 0 atom stereocenters. The van der Waals surface area contributed by atoms with Crippen LogP contribution in [0.1, 0.15) is 22.3 Å². The van der Waals surface area contributed by atoms with E-state index in [4.69, 9.17) is 5.73 Å². The SMILES string of the molecule is Cn1nc(-c2cc3c(CNCCCN)cccc3[nH]2)c2ccc(C(=O)O)cc21. The van der Waals surface area contributed by atoms with Crippen LogP contribution in [0.3, 0.4) is 0 Å². The van der Waals surface area contributed by atoms with Crippen molar-refractivity contribution in [3.8, 4) is 11.4 Å². The molecule has 7 heteroatoms. The molecule has 4 rings (SSSR count). The van der Waals surface area contributed by atoms with Crippen LogP contribution < -0.4 is 11.1 Å². The van der Waals surface area contributed by atoms with E-state index in [-0.39, 0.29) is 5.56 Å². The third kappa shape index (κ3) is 3.26. The van der Waals surface area contributed by atoms with Crippen LogP contribution in [0.5, 0.6) is 0 Å². The summed E-state index contributed by atoms with van der Waals surface area (Å²) in [4.78, 5) is 14.7. The highest BCUT2D eigenvalue weighted by Gasteiger charge is 2.15. The molecule has 0 amide bonds. The van der Waals surface area contributed by atoms with Gasteiger partial charge in [0.2, 0.25) is 0 Å². The van der Waals surface area contributed by atoms with Crippen LogP contribution in [0.4, 0.5) is 0 Å². The summed E-state index contributed by atoms with van der Waals surface area (Å²) in [5, 5.41) is 19.4. The van der Waals surface area contributed by atoms with Gasteiger partial charge in [0.1, 0.15) is 5.69 Å². The molecule has 28 heavy (non-hydrogen) atoms. The van der Waals surface area contributed by atoms with Gasteiger partial charge in [-0.15, -0.1) is 0 Å². The van der Waals surface area contributed by atoms with E-state index in [1.807, 2.05) is 19.2 Å². The Kier molecular flexibility index (Phi) is 4.85. The molecule has 0 aliphatic carbocycles. The van der Waals surface area contributed by atoms with Crippen LogP contribution in [0.2, 0.25) is 0 Å². The number of nitrogens with one attached hydrogen (secondary N) is 2. The van der Waals surface area contributed by atoms with E-state index in [1.165, 1.54) is 5.56 Å². The minimum Gasteiger partial charge on any atom is -0.478 e. The van der Waals surface area contributed by atoms with E-state index in [2.05, 4.69) is 33.6 Å². The Bertz CT molecular complexity index is 1160. The summed E-state index contributed by atoms with van der Waals surface area (Å²) in [5.41, 5.74) is 10.6. The van der Waals surface area contributed by atoms with Crippen LogP contribution in [-0.2, 0) is 13.6 Å². The molecule has 5 N–H and O–H groups in total. The number of aromatic nitrogens is 3. The average molecular weight is 377 g/mol. The molecule has 7 nitrogen and oxygen atoms in total. The van der Waals surface area contributed by atoms with Gasteiger partial charge in [0, 0.05) is 29.9 Å². The zero-order chi connectivity index (χ0) is 19.7. The van der Waals surface area contributed by atoms with E-state index in [1.54, 1.807) is 16.8 Å². The largest absolute Gasteiger partial charge is 0.478 e. The van der Waals surface area contributed by atoms with E-state index in [9.17, 15) is 9.90 Å². The van der Waals surface area contributed by atoms with E-state index < -0.39 is 5.97 Å². The first-order chi connectivity index (χ1) is 13.6. The van der Waals surface area contributed by atoms with Gasteiger partial charge >= 0.3 is 5.97 Å². The number of fused-ring (bicyclic) bond motifs is 2. The molecule has 0 fully saturated rings. The average Bonchev–Trinajstić information content (AvgIpc) is 3.26. The fraction of sp³-hybridized carbons (Fsp3) is 0.238. The van der Waals surface area contributed by atoms with Crippen LogP contribution in [0.15, 0.2) is 42.5 Å². The molecule has 4 aromatic rings. The number of hydrogen-bond acceptors (Lipinski definition) is 4. The molecule has 0 radical (unpaired) electrons. The Morgan fingerprint density at radius 2 is 2.11 bits per heavy atom. The van der Waals surface area contributed by atoms with Crippen molar-refractivity contribution in [1.82, 2.24) is 20.1 Å². The summed E-state index contributed by atoms with van der Waals surface area (Å²) in [5.74, 6) is -0.943. The van der Waals surface area contributed by atoms with Crippen molar-refractivity contribution in [1.29, 1.82) is 0 Å².